The molecule has 0 aliphatic heterocycles. The number of nitrogens with two attached hydrogens (primary N) is 1. The summed E-state index contributed by atoms with van der Waals surface area (Å²) >= 11 is 3.16. The van der Waals surface area contributed by atoms with Gasteiger partial charge in [-0.15, -0.1) is 0 Å². The number of hydrogen-bond acceptors (Lipinski definition) is 3. The zero-order valence-electron chi connectivity index (χ0n) is 7.24. The molecule has 0 radical (unpaired) electrons. The molecule has 0 amide bonds. The monoisotopic (exact) mass is 245 g/mol. The number of para-hydroxylation sites is 1. The lowest BCUT2D eigenvalue weighted by atomic mass is 10.0. The van der Waals surface area contributed by atoms with E-state index in [1.165, 1.54) is 0 Å². The molecule has 3 nitrogen and oxygen atoms in total. The largest absolute Gasteiger partial charge is 0.506 e. The fourth-order valence-corrected chi connectivity index (χ4v) is 1.44. The lowest BCUT2D eigenvalue weighted by molar-refractivity contribution is 0.150. The number of rotatable bonds is 2. The van der Waals surface area contributed by atoms with Crippen molar-refractivity contribution in [2.75, 3.05) is 0 Å². The zero-order valence-corrected chi connectivity index (χ0v) is 8.82. The van der Waals surface area contributed by atoms with Gasteiger partial charge < -0.3 is 15.9 Å². The zero-order chi connectivity index (χ0) is 10.0. The van der Waals surface area contributed by atoms with Crippen LogP contribution < -0.4 is 5.73 Å². The Balaban J connectivity index is 3.07. The Kier molecular flexibility index (Phi) is 3.30. The molecule has 0 aliphatic rings. The molecule has 1 rings (SSSR count). The molecule has 0 heterocycles. The molecule has 0 saturated carbocycles. The molecule has 2 atom stereocenters. The van der Waals surface area contributed by atoms with Gasteiger partial charge in [0.15, 0.2) is 0 Å². The number of phenolic OH excluding ortho intramolecular Hbond substituents is 1. The summed E-state index contributed by atoms with van der Waals surface area (Å²) < 4.78 is 0.560. The third kappa shape index (κ3) is 2.21. The Labute approximate surface area is 85.3 Å². The van der Waals surface area contributed by atoms with E-state index in [0.717, 1.165) is 0 Å². The van der Waals surface area contributed by atoms with Gasteiger partial charge in [-0.05, 0) is 28.9 Å². The Morgan fingerprint density at radius 3 is 2.62 bits per heavy atom. The second-order valence-electron chi connectivity index (χ2n) is 2.98. The molecule has 0 spiro atoms. The number of aliphatic hydroxyl groups is 1. The minimum atomic E-state index is -0.836. The number of halogens is 1. The number of aliphatic hydroxyl groups excluding tert-OH is 1. The minimum absolute atomic E-state index is 0.0484. The van der Waals surface area contributed by atoms with Gasteiger partial charge in [-0.2, -0.15) is 0 Å². The van der Waals surface area contributed by atoms with Crippen LogP contribution in [0.1, 0.15) is 18.6 Å². The molecule has 0 bridgehead atoms. The van der Waals surface area contributed by atoms with Crippen molar-refractivity contribution in [2.24, 2.45) is 5.73 Å². The van der Waals surface area contributed by atoms with E-state index in [2.05, 4.69) is 15.9 Å². The van der Waals surface area contributed by atoms with Crippen molar-refractivity contribution in [2.45, 2.75) is 19.1 Å². The average Bonchev–Trinajstić information content (AvgIpc) is 2.08. The van der Waals surface area contributed by atoms with Crippen LogP contribution in [0.25, 0.3) is 0 Å². The van der Waals surface area contributed by atoms with Gasteiger partial charge in [0.1, 0.15) is 5.75 Å². The highest BCUT2D eigenvalue weighted by molar-refractivity contribution is 9.10. The van der Waals surface area contributed by atoms with Crippen LogP contribution >= 0.6 is 15.9 Å². The van der Waals surface area contributed by atoms with Crippen LogP contribution in [0, 0.1) is 0 Å². The Bertz CT molecular complexity index is 302. The third-order valence-corrected chi connectivity index (χ3v) is 2.47. The smallest absolute Gasteiger partial charge is 0.135 e. The number of aromatic hydroxyl groups is 1. The van der Waals surface area contributed by atoms with Gasteiger partial charge in [-0.25, -0.2) is 0 Å². The van der Waals surface area contributed by atoms with Crippen LogP contribution in [0.3, 0.4) is 0 Å². The van der Waals surface area contributed by atoms with E-state index in [1.807, 2.05) is 0 Å². The summed E-state index contributed by atoms with van der Waals surface area (Å²) in [5, 5.41) is 19.2. The molecule has 1 aromatic rings. The van der Waals surface area contributed by atoms with Gasteiger partial charge in [0.2, 0.25) is 0 Å². The summed E-state index contributed by atoms with van der Waals surface area (Å²) in [4.78, 5) is 0. The van der Waals surface area contributed by atoms with Crippen LogP contribution in [0.15, 0.2) is 22.7 Å². The van der Waals surface area contributed by atoms with Gasteiger partial charge in [0, 0.05) is 11.6 Å². The summed E-state index contributed by atoms with van der Waals surface area (Å²) in [5.74, 6) is 0.0484. The normalized spacial score (nSPS) is 15.4. The maximum absolute atomic E-state index is 9.60. The van der Waals surface area contributed by atoms with Gasteiger partial charge >= 0.3 is 0 Å². The van der Waals surface area contributed by atoms with Crippen molar-refractivity contribution < 1.29 is 10.2 Å². The summed E-state index contributed by atoms with van der Waals surface area (Å²) in [5.41, 5.74) is 5.96. The van der Waals surface area contributed by atoms with Gasteiger partial charge in [-0.3, -0.25) is 0 Å². The van der Waals surface area contributed by atoms with Crippen molar-refractivity contribution in [3.63, 3.8) is 0 Å². The molecule has 4 heteroatoms. The van der Waals surface area contributed by atoms with E-state index in [1.54, 1.807) is 25.1 Å². The van der Waals surface area contributed by atoms with E-state index < -0.39 is 12.1 Å². The van der Waals surface area contributed by atoms with Crippen LogP contribution in [0.5, 0.6) is 5.75 Å². The number of phenols is 1. The maximum atomic E-state index is 9.60. The highest BCUT2D eigenvalue weighted by atomic mass is 79.9. The lowest BCUT2D eigenvalue weighted by Crippen LogP contribution is -2.24. The summed E-state index contributed by atoms with van der Waals surface area (Å²) in [6, 6.07) is 4.69. The lowest BCUT2D eigenvalue weighted by Gasteiger charge is -2.16. The highest BCUT2D eigenvalue weighted by Gasteiger charge is 2.17. The molecule has 0 aliphatic carbocycles. The van der Waals surface area contributed by atoms with Crippen LogP contribution in [-0.4, -0.2) is 16.3 Å². The van der Waals surface area contributed by atoms with Crippen LogP contribution in [0.4, 0.5) is 0 Å². The maximum Gasteiger partial charge on any atom is 0.135 e. The summed E-state index contributed by atoms with van der Waals surface area (Å²) in [6.45, 7) is 1.69. The molecule has 1 aromatic carbocycles. The first kappa shape index (κ1) is 10.5. The molecule has 0 saturated heterocycles. The molecule has 13 heavy (non-hydrogen) atoms. The molecule has 72 valence electrons. The van der Waals surface area contributed by atoms with Crippen molar-refractivity contribution in [3.05, 3.63) is 28.2 Å². The fourth-order valence-electron chi connectivity index (χ4n) is 1.05. The molecular weight excluding hydrogens is 234 g/mol. The first-order valence-electron chi connectivity index (χ1n) is 3.95. The first-order valence-corrected chi connectivity index (χ1v) is 4.74. The SMILES string of the molecule is CC(N)C(O)c1cccc(Br)c1O. The van der Waals surface area contributed by atoms with Gasteiger partial charge in [0.25, 0.3) is 0 Å². The topological polar surface area (TPSA) is 66.5 Å². The Morgan fingerprint density at radius 2 is 2.08 bits per heavy atom. The fraction of sp³-hybridized carbons (Fsp3) is 0.333. The molecule has 2 unspecified atom stereocenters. The van der Waals surface area contributed by atoms with Crippen LogP contribution in [0.2, 0.25) is 0 Å². The highest BCUT2D eigenvalue weighted by Crippen LogP contribution is 2.32. The quantitative estimate of drug-likeness (QED) is 0.741. The van der Waals surface area contributed by atoms with E-state index in [9.17, 15) is 10.2 Å². The van der Waals surface area contributed by atoms with Crippen molar-refractivity contribution in [1.29, 1.82) is 0 Å². The molecule has 0 fully saturated rings. The third-order valence-electron chi connectivity index (χ3n) is 1.83. The number of benzene rings is 1. The summed E-state index contributed by atoms with van der Waals surface area (Å²) in [7, 11) is 0. The summed E-state index contributed by atoms with van der Waals surface area (Å²) in [6.07, 6.45) is -0.836. The first-order chi connectivity index (χ1) is 6.04. The minimum Gasteiger partial charge on any atom is -0.506 e. The van der Waals surface area contributed by atoms with E-state index in [4.69, 9.17) is 5.73 Å². The van der Waals surface area contributed by atoms with E-state index in [-0.39, 0.29) is 5.75 Å². The second-order valence-corrected chi connectivity index (χ2v) is 3.84. The predicted molar refractivity (Wildman–Crippen MR) is 54.4 cm³/mol. The Hall–Kier alpha value is -0.580. The van der Waals surface area contributed by atoms with Crippen LogP contribution in [-0.2, 0) is 0 Å². The van der Waals surface area contributed by atoms with Crippen molar-refractivity contribution >= 4 is 15.9 Å². The molecular formula is C9H12BrNO2. The average molecular weight is 246 g/mol. The number of hydrogen-bond donors (Lipinski definition) is 3. The Morgan fingerprint density at radius 1 is 1.46 bits per heavy atom. The van der Waals surface area contributed by atoms with Crippen molar-refractivity contribution in [1.82, 2.24) is 0 Å². The standard InChI is InChI=1S/C9H12BrNO2/c1-5(11)8(12)6-3-2-4-7(10)9(6)13/h2-5,8,12-13H,11H2,1H3. The van der Waals surface area contributed by atoms with E-state index in [0.29, 0.717) is 10.0 Å². The molecule has 4 N–H and O–H groups in total. The molecule has 0 aromatic heterocycles. The predicted octanol–water partition coefficient (Wildman–Crippen LogP) is 1.54. The van der Waals surface area contributed by atoms with Crippen molar-refractivity contribution in [3.8, 4) is 5.75 Å². The van der Waals surface area contributed by atoms with Gasteiger partial charge in [0.05, 0.1) is 10.6 Å². The van der Waals surface area contributed by atoms with Gasteiger partial charge in [-0.1, -0.05) is 12.1 Å². The van der Waals surface area contributed by atoms with E-state index >= 15 is 0 Å². The second kappa shape index (κ2) is 4.09.